The van der Waals surface area contributed by atoms with Crippen LogP contribution in [0, 0.1) is 19.8 Å². The van der Waals surface area contributed by atoms with Gasteiger partial charge >= 0.3 is 0 Å². The summed E-state index contributed by atoms with van der Waals surface area (Å²) in [5, 5.41) is 0. The lowest BCUT2D eigenvalue weighted by Crippen LogP contribution is -2.35. The average Bonchev–Trinajstić information content (AvgIpc) is 2.62. The fraction of sp³-hybridized carbons (Fsp3) is 0.524. The van der Waals surface area contributed by atoms with Gasteiger partial charge in [-0.15, -0.1) is 0 Å². The first-order valence-corrected chi connectivity index (χ1v) is 9.46. The summed E-state index contributed by atoms with van der Waals surface area (Å²) in [5.41, 5.74) is 3.64. The highest BCUT2D eigenvalue weighted by atomic mass is 16.1. The molecule has 1 aliphatic heterocycles. The number of H-pyrrole nitrogens is 1. The van der Waals surface area contributed by atoms with E-state index in [1.165, 1.54) is 31.5 Å². The zero-order valence-corrected chi connectivity index (χ0v) is 16.4. The van der Waals surface area contributed by atoms with Crippen LogP contribution in [-0.2, 0) is 6.54 Å². The first kappa shape index (κ1) is 18.8. The van der Waals surface area contributed by atoms with E-state index in [9.17, 15) is 4.79 Å². The molecule has 1 N–H and O–H groups in total. The molecule has 1 saturated heterocycles. The van der Waals surface area contributed by atoms with Gasteiger partial charge in [0.2, 0.25) is 0 Å². The van der Waals surface area contributed by atoms with Gasteiger partial charge in [-0.2, -0.15) is 0 Å². The van der Waals surface area contributed by atoms with Crippen molar-refractivity contribution in [1.29, 1.82) is 0 Å². The van der Waals surface area contributed by atoms with E-state index >= 15 is 0 Å². The van der Waals surface area contributed by atoms with Crippen molar-refractivity contribution < 1.29 is 0 Å². The highest BCUT2D eigenvalue weighted by Crippen LogP contribution is 2.19. The number of hydrogen-bond acceptors (Lipinski definition) is 4. The van der Waals surface area contributed by atoms with E-state index in [-0.39, 0.29) is 5.56 Å². The molecule has 0 saturated carbocycles. The van der Waals surface area contributed by atoms with E-state index < -0.39 is 0 Å². The number of aryl methyl sites for hydroxylation is 1. The van der Waals surface area contributed by atoms with Crippen LogP contribution in [-0.4, -0.2) is 53.5 Å². The molecule has 26 heavy (non-hydrogen) atoms. The van der Waals surface area contributed by atoms with Gasteiger partial charge in [0.1, 0.15) is 5.82 Å². The van der Waals surface area contributed by atoms with Crippen LogP contribution in [0.3, 0.4) is 0 Å². The van der Waals surface area contributed by atoms with Crippen molar-refractivity contribution in [2.45, 2.75) is 33.2 Å². The van der Waals surface area contributed by atoms with E-state index in [2.05, 4.69) is 46.0 Å². The molecule has 3 rings (SSSR count). The van der Waals surface area contributed by atoms with Gasteiger partial charge in [-0.25, -0.2) is 4.98 Å². The molecule has 2 aromatic rings. The molecule has 0 unspecified atom stereocenters. The van der Waals surface area contributed by atoms with E-state index in [1.54, 1.807) is 6.92 Å². The first-order valence-electron chi connectivity index (χ1n) is 9.46. The SMILES string of the molecule is Cc1nc(-c2ccc(CN(C)CC3CCN(C)CC3)cc2)[nH]c(=O)c1C. The van der Waals surface area contributed by atoms with Crippen LogP contribution in [0.25, 0.3) is 11.4 Å². The minimum Gasteiger partial charge on any atom is -0.306 e. The van der Waals surface area contributed by atoms with Gasteiger partial charge in [0.15, 0.2) is 0 Å². The van der Waals surface area contributed by atoms with Crippen molar-refractivity contribution in [1.82, 2.24) is 19.8 Å². The minimum absolute atomic E-state index is 0.0607. The summed E-state index contributed by atoms with van der Waals surface area (Å²) in [6.07, 6.45) is 2.59. The Morgan fingerprint density at radius 2 is 1.85 bits per heavy atom. The quantitative estimate of drug-likeness (QED) is 0.897. The molecule has 1 aromatic carbocycles. The Kier molecular flexibility index (Phi) is 5.89. The molecule has 0 radical (unpaired) electrons. The number of benzene rings is 1. The van der Waals surface area contributed by atoms with Gasteiger partial charge in [0, 0.05) is 29.9 Å². The Balaban J connectivity index is 1.61. The Hall–Kier alpha value is -1.98. The maximum absolute atomic E-state index is 12.0. The maximum atomic E-state index is 12.0. The summed E-state index contributed by atoms with van der Waals surface area (Å²) in [6.45, 7) is 8.21. The third-order valence-electron chi connectivity index (χ3n) is 5.48. The molecule has 5 heteroatoms. The lowest BCUT2D eigenvalue weighted by Gasteiger charge is -2.31. The predicted molar refractivity (Wildman–Crippen MR) is 106 cm³/mol. The maximum Gasteiger partial charge on any atom is 0.254 e. The Labute approximate surface area is 156 Å². The minimum atomic E-state index is -0.0607. The molecular formula is C21H30N4O. The molecule has 5 nitrogen and oxygen atoms in total. The number of hydrogen-bond donors (Lipinski definition) is 1. The first-order chi connectivity index (χ1) is 12.4. The van der Waals surface area contributed by atoms with Crippen molar-refractivity contribution >= 4 is 0 Å². The van der Waals surface area contributed by atoms with Gasteiger partial charge in [0.05, 0.1) is 0 Å². The van der Waals surface area contributed by atoms with Gasteiger partial charge in [-0.05, 0) is 65.4 Å². The second kappa shape index (κ2) is 8.14. The smallest absolute Gasteiger partial charge is 0.254 e. The monoisotopic (exact) mass is 354 g/mol. The van der Waals surface area contributed by atoms with Crippen molar-refractivity contribution in [2.24, 2.45) is 5.92 Å². The normalized spacial score (nSPS) is 16.3. The molecule has 0 spiro atoms. The zero-order chi connectivity index (χ0) is 18.7. The zero-order valence-electron chi connectivity index (χ0n) is 16.4. The van der Waals surface area contributed by atoms with Gasteiger partial charge in [0.25, 0.3) is 5.56 Å². The summed E-state index contributed by atoms with van der Waals surface area (Å²) in [5.74, 6) is 1.45. The largest absolute Gasteiger partial charge is 0.306 e. The van der Waals surface area contributed by atoms with E-state index in [0.29, 0.717) is 11.4 Å². The summed E-state index contributed by atoms with van der Waals surface area (Å²) in [6, 6.07) is 8.36. The van der Waals surface area contributed by atoms with Crippen molar-refractivity contribution in [3.63, 3.8) is 0 Å². The fourth-order valence-electron chi connectivity index (χ4n) is 3.61. The number of aromatic nitrogens is 2. The van der Waals surface area contributed by atoms with E-state index in [1.807, 2.05) is 19.1 Å². The molecule has 0 bridgehead atoms. The molecule has 2 heterocycles. The van der Waals surface area contributed by atoms with E-state index in [0.717, 1.165) is 30.3 Å². The Bertz CT molecular complexity index is 789. The molecule has 0 amide bonds. The van der Waals surface area contributed by atoms with Crippen molar-refractivity contribution in [3.8, 4) is 11.4 Å². The van der Waals surface area contributed by atoms with Crippen molar-refractivity contribution in [2.75, 3.05) is 33.7 Å². The van der Waals surface area contributed by atoms with Gasteiger partial charge in [-0.1, -0.05) is 24.3 Å². The lowest BCUT2D eigenvalue weighted by molar-refractivity contribution is 0.173. The highest BCUT2D eigenvalue weighted by Gasteiger charge is 2.18. The lowest BCUT2D eigenvalue weighted by atomic mass is 9.96. The molecule has 1 aliphatic rings. The fourth-order valence-corrected chi connectivity index (χ4v) is 3.61. The summed E-state index contributed by atoms with van der Waals surface area (Å²) in [7, 11) is 4.41. The van der Waals surface area contributed by atoms with Crippen LogP contribution in [0.2, 0.25) is 0 Å². The Morgan fingerprint density at radius 1 is 1.19 bits per heavy atom. The average molecular weight is 354 g/mol. The number of rotatable bonds is 5. The second-order valence-electron chi connectivity index (χ2n) is 7.77. The third-order valence-corrected chi connectivity index (χ3v) is 5.48. The number of likely N-dealkylation sites (tertiary alicyclic amines) is 1. The van der Waals surface area contributed by atoms with E-state index in [4.69, 9.17) is 0 Å². The third kappa shape index (κ3) is 4.59. The van der Waals surface area contributed by atoms with Gasteiger partial charge in [-0.3, -0.25) is 4.79 Å². The van der Waals surface area contributed by atoms with Crippen LogP contribution < -0.4 is 5.56 Å². The number of aromatic amines is 1. The predicted octanol–water partition coefficient (Wildman–Crippen LogP) is 2.83. The summed E-state index contributed by atoms with van der Waals surface area (Å²) < 4.78 is 0. The summed E-state index contributed by atoms with van der Waals surface area (Å²) >= 11 is 0. The van der Waals surface area contributed by atoms with Gasteiger partial charge < -0.3 is 14.8 Å². The second-order valence-corrected chi connectivity index (χ2v) is 7.77. The topological polar surface area (TPSA) is 52.2 Å². The van der Waals surface area contributed by atoms with Crippen LogP contribution in [0.15, 0.2) is 29.1 Å². The molecule has 0 aliphatic carbocycles. The molecule has 1 aromatic heterocycles. The number of nitrogens with zero attached hydrogens (tertiary/aromatic N) is 3. The van der Waals surface area contributed by atoms with Crippen LogP contribution in [0.4, 0.5) is 0 Å². The number of nitrogens with one attached hydrogen (secondary N) is 1. The molecule has 140 valence electrons. The highest BCUT2D eigenvalue weighted by molar-refractivity contribution is 5.55. The Morgan fingerprint density at radius 3 is 2.46 bits per heavy atom. The van der Waals surface area contributed by atoms with Crippen molar-refractivity contribution in [3.05, 3.63) is 51.4 Å². The molecule has 0 atom stereocenters. The van der Waals surface area contributed by atoms with Crippen LogP contribution >= 0.6 is 0 Å². The van der Waals surface area contributed by atoms with Crippen LogP contribution in [0.5, 0.6) is 0 Å². The molecular weight excluding hydrogens is 324 g/mol. The van der Waals surface area contributed by atoms with Crippen LogP contribution in [0.1, 0.15) is 29.7 Å². The molecule has 1 fully saturated rings. The number of piperidine rings is 1. The summed E-state index contributed by atoms with van der Waals surface area (Å²) in [4.78, 5) is 24.2. The standard InChI is InChI=1S/C21H30N4O/c1-15-16(2)22-20(23-21(15)26)19-7-5-17(6-8-19)13-25(4)14-18-9-11-24(3)12-10-18/h5-8,18H,9-14H2,1-4H3,(H,22,23,26).